The van der Waals surface area contributed by atoms with Crippen molar-refractivity contribution in [2.75, 3.05) is 0 Å². The van der Waals surface area contributed by atoms with Gasteiger partial charge in [-0.1, -0.05) is 83.6 Å². The van der Waals surface area contributed by atoms with Crippen molar-refractivity contribution in [2.45, 2.75) is 148 Å². The van der Waals surface area contributed by atoms with E-state index in [2.05, 4.69) is 61.9 Å². The molecule has 0 unspecified atom stereocenters. The molecule has 0 radical (unpaired) electrons. The van der Waals surface area contributed by atoms with Gasteiger partial charge in [-0.2, -0.15) is 5.10 Å². The van der Waals surface area contributed by atoms with E-state index in [1.165, 1.54) is 50.5 Å². The Morgan fingerprint density at radius 3 is 1.92 bits per heavy atom. The van der Waals surface area contributed by atoms with E-state index < -0.39 is 11.4 Å². The summed E-state index contributed by atoms with van der Waals surface area (Å²) in [4.78, 5) is 25.8. The summed E-state index contributed by atoms with van der Waals surface area (Å²) in [6, 6.07) is 16.7. The van der Waals surface area contributed by atoms with E-state index in [4.69, 9.17) is 9.84 Å². The minimum atomic E-state index is -0.801. The van der Waals surface area contributed by atoms with Crippen molar-refractivity contribution in [1.29, 1.82) is 0 Å². The van der Waals surface area contributed by atoms with Gasteiger partial charge in [0, 0.05) is 16.7 Å². The summed E-state index contributed by atoms with van der Waals surface area (Å²) in [6.07, 6.45) is 19.3. The quantitative estimate of drug-likeness (QED) is 0.137. The van der Waals surface area contributed by atoms with E-state index in [0.717, 1.165) is 91.8 Å². The van der Waals surface area contributed by atoms with Gasteiger partial charge in [0.05, 0.1) is 28.8 Å². The van der Waals surface area contributed by atoms with E-state index in [9.17, 15) is 14.7 Å². The molecule has 2 aromatic carbocycles. The summed E-state index contributed by atoms with van der Waals surface area (Å²) in [5, 5.41) is 15.7. The molecule has 1 N–H and O–H groups in total. The number of carbonyl (C=O) groups is 2. The zero-order valence-corrected chi connectivity index (χ0v) is 30.2. The lowest BCUT2D eigenvalue weighted by atomic mass is 9.66. The standard InChI is InChI=1S/C43H58N2O4/c1-4-7-10-30-14-16-34(17-15-30)41(46)49-37-24-20-33(21-25-37)40-38(6-3)39(44-45(40)36-12-9-13-36)32-18-22-35(23-19-32)43(42(47)48)28-26-31(27-29-43)11-8-5-2/h18-25,30-31,34,36H,4-17,26-29H2,1-3H3,(H,47,48). The second-order valence-electron chi connectivity index (χ2n) is 15.4. The zero-order chi connectivity index (χ0) is 34.4. The van der Waals surface area contributed by atoms with E-state index in [1.807, 2.05) is 12.1 Å². The van der Waals surface area contributed by atoms with Crippen LogP contribution in [0.4, 0.5) is 0 Å². The molecule has 3 aliphatic carbocycles. The van der Waals surface area contributed by atoms with Crippen LogP contribution in [0.3, 0.4) is 0 Å². The summed E-state index contributed by atoms with van der Waals surface area (Å²) in [7, 11) is 0. The lowest BCUT2D eigenvalue weighted by Gasteiger charge is -2.37. The molecule has 0 amide bonds. The number of unbranched alkanes of at least 4 members (excludes halogenated alkanes) is 2. The number of nitrogens with zero attached hydrogens (tertiary/aromatic N) is 2. The minimum absolute atomic E-state index is 0.00412. The molecule has 3 aromatic rings. The minimum Gasteiger partial charge on any atom is -0.481 e. The Hall–Kier alpha value is -3.41. The van der Waals surface area contributed by atoms with Crippen LogP contribution in [0.2, 0.25) is 0 Å². The topological polar surface area (TPSA) is 81.4 Å². The Labute approximate surface area is 294 Å². The van der Waals surface area contributed by atoms with Crippen molar-refractivity contribution in [2.24, 2.45) is 17.8 Å². The zero-order valence-electron chi connectivity index (χ0n) is 30.2. The maximum atomic E-state index is 13.1. The molecule has 49 heavy (non-hydrogen) atoms. The van der Waals surface area contributed by atoms with Crippen LogP contribution in [0, 0.1) is 17.8 Å². The van der Waals surface area contributed by atoms with E-state index in [1.54, 1.807) is 0 Å². The summed E-state index contributed by atoms with van der Waals surface area (Å²) in [6.45, 7) is 6.66. The van der Waals surface area contributed by atoms with Crippen LogP contribution in [0.15, 0.2) is 48.5 Å². The van der Waals surface area contributed by atoms with Crippen molar-refractivity contribution in [3.05, 3.63) is 59.7 Å². The molecule has 1 heterocycles. The number of aliphatic carboxylic acids is 1. The predicted octanol–water partition coefficient (Wildman–Crippen LogP) is 11.1. The van der Waals surface area contributed by atoms with Gasteiger partial charge < -0.3 is 9.84 Å². The fourth-order valence-corrected chi connectivity index (χ4v) is 8.82. The Kier molecular flexibility index (Phi) is 11.6. The summed E-state index contributed by atoms with van der Waals surface area (Å²) >= 11 is 0. The Morgan fingerprint density at radius 2 is 1.39 bits per heavy atom. The number of carboxylic acid groups (broad SMARTS) is 1. The lowest BCUT2D eigenvalue weighted by Crippen LogP contribution is -2.39. The molecule has 0 bridgehead atoms. The van der Waals surface area contributed by atoms with Gasteiger partial charge in [0.1, 0.15) is 5.75 Å². The summed E-state index contributed by atoms with van der Waals surface area (Å²) < 4.78 is 8.14. The van der Waals surface area contributed by atoms with Crippen LogP contribution in [0.25, 0.3) is 22.5 Å². The second kappa shape index (κ2) is 16.1. The number of carbonyl (C=O) groups excluding carboxylic acids is 1. The number of benzene rings is 2. The molecular formula is C43H58N2O4. The van der Waals surface area contributed by atoms with E-state index in [0.29, 0.717) is 30.6 Å². The highest BCUT2D eigenvalue weighted by atomic mass is 16.5. The molecule has 0 saturated heterocycles. The van der Waals surface area contributed by atoms with Crippen molar-refractivity contribution < 1.29 is 19.4 Å². The second-order valence-corrected chi connectivity index (χ2v) is 15.4. The third-order valence-corrected chi connectivity index (χ3v) is 12.3. The van der Waals surface area contributed by atoms with Gasteiger partial charge in [0.15, 0.2) is 0 Å². The normalized spacial score (nSPS) is 24.3. The first-order valence-corrected chi connectivity index (χ1v) is 19.6. The molecule has 0 atom stereocenters. The maximum Gasteiger partial charge on any atom is 0.314 e. The first kappa shape index (κ1) is 35.4. The predicted molar refractivity (Wildman–Crippen MR) is 197 cm³/mol. The first-order chi connectivity index (χ1) is 23.9. The fourth-order valence-electron chi connectivity index (χ4n) is 8.82. The van der Waals surface area contributed by atoms with Crippen molar-refractivity contribution in [3.63, 3.8) is 0 Å². The van der Waals surface area contributed by atoms with Crippen molar-refractivity contribution in [3.8, 4) is 28.3 Å². The van der Waals surface area contributed by atoms with Crippen LogP contribution < -0.4 is 4.74 Å². The third kappa shape index (κ3) is 7.68. The molecular weight excluding hydrogens is 608 g/mol. The highest BCUT2D eigenvalue weighted by molar-refractivity contribution is 5.82. The van der Waals surface area contributed by atoms with E-state index in [-0.39, 0.29) is 11.9 Å². The molecule has 3 saturated carbocycles. The number of rotatable bonds is 14. The number of ether oxygens (including phenoxy) is 1. The number of aromatic nitrogens is 2. The SMILES string of the molecule is CCCCC1CCC(C(=O)Oc2ccc(-c3c(CC)c(-c4ccc(C5(C(=O)O)CCC(CCCC)CC5)cc4)nn3C3CCC3)cc2)CC1. The number of esters is 1. The van der Waals surface area contributed by atoms with Crippen LogP contribution in [0.1, 0.15) is 147 Å². The molecule has 3 fully saturated rings. The van der Waals surface area contributed by atoms with Gasteiger partial charge >= 0.3 is 11.9 Å². The maximum absolute atomic E-state index is 13.1. The average molecular weight is 667 g/mol. The first-order valence-electron chi connectivity index (χ1n) is 19.6. The Morgan fingerprint density at radius 1 is 0.796 bits per heavy atom. The molecule has 6 rings (SSSR count). The van der Waals surface area contributed by atoms with Crippen LogP contribution in [-0.2, 0) is 21.4 Å². The van der Waals surface area contributed by atoms with Gasteiger partial charge in [-0.3, -0.25) is 14.3 Å². The lowest BCUT2D eigenvalue weighted by molar-refractivity contribution is -0.145. The van der Waals surface area contributed by atoms with Crippen molar-refractivity contribution >= 4 is 11.9 Å². The molecule has 0 spiro atoms. The van der Waals surface area contributed by atoms with E-state index >= 15 is 0 Å². The fraction of sp³-hybridized carbons (Fsp3) is 0.605. The van der Waals surface area contributed by atoms with Crippen LogP contribution in [0.5, 0.6) is 5.75 Å². The highest BCUT2D eigenvalue weighted by Crippen LogP contribution is 2.45. The van der Waals surface area contributed by atoms with Gasteiger partial charge in [-0.05, 0) is 119 Å². The third-order valence-electron chi connectivity index (χ3n) is 12.3. The number of carboxylic acids is 1. The smallest absolute Gasteiger partial charge is 0.314 e. The number of hydrogen-bond donors (Lipinski definition) is 1. The van der Waals surface area contributed by atoms with Gasteiger partial charge in [0.25, 0.3) is 0 Å². The van der Waals surface area contributed by atoms with Crippen LogP contribution in [-0.4, -0.2) is 26.8 Å². The molecule has 6 nitrogen and oxygen atoms in total. The highest BCUT2D eigenvalue weighted by Gasteiger charge is 2.43. The van der Waals surface area contributed by atoms with Gasteiger partial charge in [0.2, 0.25) is 0 Å². The molecule has 1 aromatic heterocycles. The molecule has 264 valence electrons. The van der Waals surface area contributed by atoms with Gasteiger partial charge in [-0.25, -0.2) is 0 Å². The Bertz CT molecular complexity index is 1540. The molecule has 6 heteroatoms. The Balaban J connectivity index is 1.20. The average Bonchev–Trinajstić information content (AvgIpc) is 3.48. The largest absolute Gasteiger partial charge is 0.481 e. The number of hydrogen-bond acceptors (Lipinski definition) is 4. The molecule has 0 aliphatic heterocycles. The van der Waals surface area contributed by atoms with Gasteiger partial charge in [-0.15, -0.1) is 0 Å². The molecule has 3 aliphatic rings. The monoisotopic (exact) mass is 666 g/mol. The van der Waals surface area contributed by atoms with Crippen molar-refractivity contribution in [1.82, 2.24) is 9.78 Å². The summed E-state index contributed by atoms with van der Waals surface area (Å²) in [5.41, 5.74) is 5.56. The van der Waals surface area contributed by atoms with Crippen LogP contribution >= 0.6 is 0 Å². The summed E-state index contributed by atoms with van der Waals surface area (Å²) in [5.74, 6) is 1.25.